The minimum Gasteiger partial charge on any atom is -0.383 e. The fourth-order valence-corrected chi connectivity index (χ4v) is 4.32. The van der Waals surface area contributed by atoms with Crippen LogP contribution in [0.5, 0.6) is 0 Å². The predicted molar refractivity (Wildman–Crippen MR) is 126 cm³/mol. The molecule has 2 heterocycles. The van der Waals surface area contributed by atoms with Gasteiger partial charge < -0.3 is 26.4 Å². The summed E-state index contributed by atoms with van der Waals surface area (Å²) >= 11 is 0. The molecule has 2 aliphatic rings. The van der Waals surface area contributed by atoms with Crippen molar-refractivity contribution >= 4 is 11.6 Å². The van der Waals surface area contributed by atoms with Gasteiger partial charge in [0.25, 0.3) is 0 Å². The molecular formula is C24H35FN6O. The van der Waals surface area contributed by atoms with Gasteiger partial charge in [-0.2, -0.15) is 0 Å². The van der Waals surface area contributed by atoms with Crippen LogP contribution < -0.4 is 21.7 Å². The number of hydrogen-bond donors (Lipinski definition) is 4. The lowest BCUT2D eigenvalue weighted by molar-refractivity contribution is 0.161. The molecule has 5 N–H and O–H groups in total. The first kappa shape index (κ1) is 22.9. The van der Waals surface area contributed by atoms with Gasteiger partial charge in [-0.25, -0.2) is 14.4 Å². The average Bonchev–Trinajstić information content (AvgIpc) is 3.53. The number of aromatic nitrogens is 2. The maximum atomic E-state index is 14.6. The van der Waals surface area contributed by atoms with Crippen LogP contribution in [0.2, 0.25) is 0 Å². The van der Waals surface area contributed by atoms with Gasteiger partial charge in [-0.05, 0) is 63.6 Å². The highest BCUT2D eigenvalue weighted by Gasteiger charge is 2.37. The summed E-state index contributed by atoms with van der Waals surface area (Å²) in [5.41, 5.74) is 7.06. The summed E-state index contributed by atoms with van der Waals surface area (Å²) in [6.07, 6.45) is 7.61. The van der Waals surface area contributed by atoms with Gasteiger partial charge in [-0.15, -0.1) is 0 Å². The SMILES string of the molecule is COC[C@@H](C)NC1CCC(Nc2cc(-c3cccc(NCC4(N)CC4)n3)c(F)cn2)CC1. The first-order valence-corrected chi connectivity index (χ1v) is 11.6. The van der Waals surface area contributed by atoms with E-state index in [0.29, 0.717) is 47.6 Å². The molecule has 0 bridgehead atoms. The number of halogens is 1. The highest BCUT2D eigenvalue weighted by atomic mass is 19.1. The zero-order valence-electron chi connectivity index (χ0n) is 19.0. The highest BCUT2D eigenvalue weighted by Crippen LogP contribution is 2.32. The van der Waals surface area contributed by atoms with Crippen molar-refractivity contribution in [3.8, 4) is 11.3 Å². The third-order valence-corrected chi connectivity index (χ3v) is 6.41. The molecule has 1 atom stereocenters. The van der Waals surface area contributed by atoms with E-state index in [1.807, 2.05) is 18.2 Å². The molecule has 2 fully saturated rings. The smallest absolute Gasteiger partial charge is 0.151 e. The van der Waals surface area contributed by atoms with E-state index < -0.39 is 0 Å². The number of nitrogens with zero attached hydrogens (tertiary/aromatic N) is 2. The van der Waals surface area contributed by atoms with Crippen LogP contribution in [0.3, 0.4) is 0 Å². The molecule has 2 aliphatic carbocycles. The number of hydrogen-bond acceptors (Lipinski definition) is 7. The summed E-state index contributed by atoms with van der Waals surface area (Å²) in [5, 5.41) is 10.4. The molecule has 0 unspecified atom stereocenters. The third kappa shape index (κ3) is 6.15. The number of ether oxygens (including phenoxy) is 1. The monoisotopic (exact) mass is 442 g/mol. The van der Waals surface area contributed by atoms with Crippen molar-refractivity contribution in [2.45, 2.75) is 69.1 Å². The van der Waals surface area contributed by atoms with Gasteiger partial charge >= 0.3 is 0 Å². The van der Waals surface area contributed by atoms with Gasteiger partial charge in [0.05, 0.1) is 18.5 Å². The Morgan fingerprint density at radius 1 is 1.19 bits per heavy atom. The van der Waals surface area contributed by atoms with Crippen LogP contribution in [-0.2, 0) is 4.74 Å². The van der Waals surface area contributed by atoms with Crippen LogP contribution in [-0.4, -0.2) is 53.9 Å². The normalized spacial score (nSPS) is 22.9. The number of nitrogens with one attached hydrogen (secondary N) is 3. The van der Waals surface area contributed by atoms with Crippen LogP contribution in [0.15, 0.2) is 30.5 Å². The van der Waals surface area contributed by atoms with Crippen molar-refractivity contribution in [3.05, 3.63) is 36.3 Å². The Morgan fingerprint density at radius 2 is 1.94 bits per heavy atom. The van der Waals surface area contributed by atoms with Crippen molar-refractivity contribution in [2.75, 3.05) is 30.9 Å². The number of rotatable bonds is 10. The van der Waals surface area contributed by atoms with Gasteiger partial charge in [-0.3, -0.25) is 0 Å². The van der Waals surface area contributed by atoms with E-state index in [4.69, 9.17) is 10.5 Å². The zero-order chi connectivity index (χ0) is 22.6. The molecule has 4 rings (SSSR count). The lowest BCUT2D eigenvalue weighted by atomic mass is 9.90. The molecule has 7 nitrogen and oxygen atoms in total. The molecule has 0 amide bonds. The molecule has 8 heteroatoms. The van der Waals surface area contributed by atoms with Crippen LogP contribution in [0.1, 0.15) is 45.4 Å². The second-order valence-electron chi connectivity index (χ2n) is 9.39. The van der Waals surface area contributed by atoms with Gasteiger partial charge in [0, 0.05) is 42.9 Å². The van der Waals surface area contributed by atoms with Gasteiger partial charge in [0.2, 0.25) is 0 Å². The van der Waals surface area contributed by atoms with Crippen LogP contribution in [0.4, 0.5) is 16.0 Å². The highest BCUT2D eigenvalue weighted by molar-refractivity contribution is 5.65. The second-order valence-corrected chi connectivity index (χ2v) is 9.39. The van der Waals surface area contributed by atoms with Gasteiger partial charge in [0.1, 0.15) is 11.6 Å². The van der Waals surface area contributed by atoms with Crippen molar-refractivity contribution in [1.29, 1.82) is 0 Å². The summed E-state index contributed by atoms with van der Waals surface area (Å²) in [4.78, 5) is 8.87. The minimum atomic E-state index is -0.377. The predicted octanol–water partition coefficient (Wildman–Crippen LogP) is 3.53. The molecule has 2 aromatic rings. The Hall–Kier alpha value is -2.29. The van der Waals surface area contributed by atoms with Crippen molar-refractivity contribution < 1.29 is 9.13 Å². The van der Waals surface area contributed by atoms with Crippen molar-refractivity contribution in [2.24, 2.45) is 5.73 Å². The van der Waals surface area contributed by atoms with E-state index in [-0.39, 0.29) is 11.4 Å². The van der Waals surface area contributed by atoms with Gasteiger partial charge in [-0.1, -0.05) is 6.07 Å². The molecule has 2 saturated carbocycles. The van der Waals surface area contributed by atoms with E-state index in [0.717, 1.165) is 45.1 Å². The zero-order valence-corrected chi connectivity index (χ0v) is 19.0. The molecule has 0 spiro atoms. The standard InChI is InChI=1S/C24H35FN6O/c1-16(14-32-2)29-17-6-8-18(9-7-17)30-23-12-19(20(25)13-27-23)21-4-3-5-22(31-21)28-15-24(26)10-11-24/h3-5,12-13,16-18,29H,6-11,14-15,26H2,1-2H3,(H,27,30)(H,28,31)/t16-,17?,18?/m1/s1. The summed E-state index contributed by atoms with van der Waals surface area (Å²) in [6.45, 7) is 3.55. The van der Waals surface area contributed by atoms with Gasteiger partial charge in [0.15, 0.2) is 5.82 Å². The quantitative estimate of drug-likeness (QED) is 0.447. The molecule has 0 saturated heterocycles. The average molecular weight is 443 g/mol. The van der Waals surface area contributed by atoms with E-state index in [1.165, 1.54) is 6.20 Å². The van der Waals surface area contributed by atoms with E-state index >= 15 is 0 Å². The Labute approximate surface area is 189 Å². The van der Waals surface area contributed by atoms with Crippen molar-refractivity contribution in [3.63, 3.8) is 0 Å². The maximum absolute atomic E-state index is 14.6. The van der Waals surface area contributed by atoms with Crippen molar-refractivity contribution in [1.82, 2.24) is 15.3 Å². The molecular weight excluding hydrogens is 407 g/mol. The van der Waals surface area contributed by atoms with Crippen LogP contribution >= 0.6 is 0 Å². The fraction of sp³-hybridized carbons (Fsp3) is 0.583. The van der Waals surface area contributed by atoms with E-state index in [2.05, 4.69) is 32.8 Å². The number of methoxy groups -OCH3 is 1. The largest absolute Gasteiger partial charge is 0.383 e. The maximum Gasteiger partial charge on any atom is 0.151 e. The summed E-state index contributed by atoms with van der Waals surface area (Å²) in [7, 11) is 1.73. The number of pyridine rings is 2. The Kier molecular flexibility index (Phi) is 7.23. The molecule has 174 valence electrons. The Balaban J connectivity index is 1.36. The molecule has 0 aliphatic heterocycles. The Morgan fingerprint density at radius 3 is 2.66 bits per heavy atom. The lowest BCUT2D eigenvalue weighted by Gasteiger charge is -2.31. The first-order chi connectivity index (χ1) is 15.4. The molecule has 0 radical (unpaired) electrons. The summed E-state index contributed by atoms with van der Waals surface area (Å²) in [5.74, 6) is 1.01. The Bertz CT molecular complexity index is 898. The summed E-state index contributed by atoms with van der Waals surface area (Å²) in [6, 6.07) is 8.54. The first-order valence-electron chi connectivity index (χ1n) is 11.6. The topological polar surface area (TPSA) is 97.1 Å². The molecule has 2 aromatic heterocycles. The van der Waals surface area contributed by atoms with Crippen LogP contribution in [0.25, 0.3) is 11.3 Å². The second kappa shape index (κ2) is 10.1. The van der Waals surface area contributed by atoms with E-state index in [9.17, 15) is 4.39 Å². The van der Waals surface area contributed by atoms with E-state index in [1.54, 1.807) is 13.2 Å². The minimum absolute atomic E-state index is 0.118. The fourth-order valence-electron chi connectivity index (χ4n) is 4.32. The summed E-state index contributed by atoms with van der Waals surface area (Å²) < 4.78 is 19.8. The van der Waals surface area contributed by atoms with Crippen LogP contribution in [0, 0.1) is 5.82 Å². The lowest BCUT2D eigenvalue weighted by Crippen LogP contribution is -2.42. The third-order valence-electron chi connectivity index (χ3n) is 6.41. The number of nitrogens with two attached hydrogens (primary N) is 1. The molecule has 0 aromatic carbocycles. The molecule has 32 heavy (non-hydrogen) atoms. The number of anilines is 2.